The third kappa shape index (κ3) is 3.64. The minimum Gasteiger partial charge on any atom is -0.389 e. The van der Waals surface area contributed by atoms with Crippen molar-refractivity contribution in [2.75, 3.05) is 32.2 Å². The van der Waals surface area contributed by atoms with Gasteiger partial charge in [-0.15, -0.1) is 0 Å². The zero-order chi connectivity index (χ0) is 13.7. The highest BCUT2D eigenvalue weighted by Gasteiger charge is 2.20. The van der Waals surface area contributed by atoms with Crippen LogP contribution in [-0.2, 0) is 4.74 Å². The lowest BCUT2D eigenvalue weighted by Crippen LogP contribution is -2.32. The maximum atomic E-state index is 10.9. The first kappa shape index (κ1) is 14.3. The van der Waals surface area contributed by atoms with Crippen molar-refractivity contribution in [1.29, 1.82) is 0 Å². The van der Waals surface area contributed by atoms with E-state index in [0.29, 0.717) is 0 Å². The summed E-state index contributed by atoms with van der Waals surface area (Å²) in [5.41, 5.74) is 0.651. The molecule has 7 heteroatoms. The fourth-order valence-electron chi connectivity index (χ4n) is 1.62. The lowest BCUT2D eigenvalue weighted by Gasteiger charge is -2.21. The highest BCUT2D eigenvalue weighted by atomic mass is 16.6. The highest BCUT2D eigenvalue weighted by molar-refractivity contribution is 5.58. The van der Waals surface area contributed by atoms with Crippen LogP contribution in [0.25, 0.3) is 0 Å². The van der Waals surface area contributed by atoms with Crippen molar-refractivity contribution in [2.24, 2.45) is 0 Å². The molecule has 0 spiro atoms. The van der Waals surface area contributed by atoms with Crippen LogP contribution in [0.1, 0.15) is 5.56 Å². The average molecular weight is 255 g/mol. The third-order valence-corrected chi connectivity index (χ3v) is 2.39. The summed E-state index contributed by atoms with van der Waals surface area (Å²) in [5, 5.41) is 20.5. The Balaban J connectivity index is 2.91. The summed E-state index contributed by atoms with van der Waals surface area (Å²) in [7, 11) is 3.12. The lowest BCUT2D eigenvalue weighted by molar-refractivity contribution is -0.384. The summed E-state index contributed by atoms with van der Waals surface area (Å²) < 4.78 is 4.81. The van der Waals surface area contributed by atoms with E-state index in [1.165, 1.54) is 13.2 Å². The molecule has 1 atom stereocenters. The summed E-state index contributed by atoms with van der Waals surface area (Å²) in [6.07, 6.45) is 0.837. The monoisotopic (exact) mass is 255 g/mol. The molecule has 0 aliphatic rings. The molecule has 0 radical (unpaired) electrons. The standard InChI is InChI=1S/C11H17N3O4/c1-8-4-10(14(16)17)11(12-5-8)13(2)6-9(15)7-18-3/h4-5,9,15H,6-7H2,1-3H3. The van der Waals surface area contributed by atoms with Gasteiger partial charge in [-0.25, -0.2) is 4.98 Å². The van der Waals surface area contributed by atoms with Crippen LogP contribution < -0.4 is 4.90 Å². The summed E-state index contributed by atoms with van der Waals surface area (Å²) >= 11 is 0. The lowest BCUT2D eigenvalue weighted by atomic mass is 10.2. The van der Waals surface area contributed by atoms with Gasteiger partial charge in [0.2, 0.25) is 5.82 Å². The van der Waals surface area contributed by atoms with E-state index in [1.54, 1.807) is 25.1 Å². The number of nitrogens with zero attached hydrogens (tertiary/aromatic N) is 3. The summed E-state index contributed by atoms with van der Waals surface area (Å²) in [6.45, 7) is 2.12. The first-order valence-corrected chi connectivity index (χ1v) is 5.45. The second kappa shape index (κ2) is 6.27. The number of hydrogen-bond acceptors (Lipinski definition) is 6. The quantitative estimate of drug-likeness (QED) is 0.595. The van der Waals surface area contributed by atoms with E-state index in [4.69, 9.17) is 4.74 Å². The molecular weight excluding hydrogens is 238 g/mol. The number of hydrogen-bond donors (Lipinski definition) is 1. The molecule has 0 amide bonds. The van der Waals surface area contributed by atoms with Crippen LogP contribution in [0.4, 0.5) is 11.5 Å². The highest BCUT2D eigenvalue weighted by Crippen LogP contribution is 2.25. The number of pyridine rings is 1. The van der Waals surface area contributed by atoms with Crippen molar-refractivity contribution >= 4 is 11.5 Å². The van der Waals surface area contributed by atoms with E-state index >= 15 is 0 Å². The summed E-state index contributed by atoms with van der Waals surface area (Å²) in [6, 6.07) is 1.46. The number of likely N-dealkylation sites (N-methyl/N-ethyl adjacent to an activating group) is 1. The number of aliphatic hydroxyl groups excluding tert-OH is 1. The largest absolute Gasteiger partial charge is 0.389 e. The fraction of sp³-hybridized carbons (Fsp3) is 0.545. The molecule has 1 aromatic heterocycles. The van der Waals surface area contributed by atoms with E-state index in [0.717, 1.165) is 5.56 Å². The Bertz CT molecular complexity index is 425. The Morgan fingerprint density at radius 3 is 2.89 bits per heavy atom. The zero-order valence-electron chi connectivity index (χ0n) is 10.7. The number of anilines is 1. The molecule has 0 bridgehead atoms. The molecule has 1 aromatic rings. The van der Waals surface area contributed by atoms with Crippen LogP contribution in [0.15, 0.2) is 12.3 Å². The summed E-state index contributed by atoms with van der Waals surface area (Å²) in [4.78, 5) is 16.1. The van der Waals surface area contributed by atoms with E-state index in [9.17, 15) is 15.2 Å². The number of aliphatic hydroxyl groups is 1. The molecule has 0 saturated heterocycles. The molecule has 18 heavy (non-hydrogen) atoms. The van der Waals surface area contributed by atoms with Crippen molar-refractivity contribution in [3.05, 3.63) is 27.9 Å². The van der Waals surface area contributed by atoms with Gasteiger partial charge in [0.05, 0.1) is 17.6 Å². The van der Waals surface area contributed by atoms with Crippen molar-refractivity contribution in [2.45, 2.75) is 13.0 Å². The predicted molar refractivity (Wildman–Crippen MR) is 66.8 cm³/mol. The Morgan fingerprint density at radius 2 is 2.33 bits per heavy atom. The Morgan fingerprint density at radius 1 is 1.67 bits per heavy atom. The maximum absolute atomic E-state index is 10.9. The number of ether oxygens (including phenoxy) is 1. The van der Waals surface area contributed by atoms with E-state index in [1.807, 2.05) is 0 Å². The SMILES string of the molecule is COCC(O)CN(C)c1ncc(C)cc1[N+](=O)[O-]. The predicted octanol–water partition coefficient (Wildman–Crippen LogP) is 0.742. The van der Waals surface area contributed by atoms with E-state index < -0.39 is 11.0 Å². The van der Waals surface area contributed by atoms with Crippen molar-refractivity contribution in [3.8, 4) is 0 Å². The van der Waals surface area contributed by atoms with E-state index in [2.05, 4.69) is 4.98 Å². The minimum atomic E-state index is -0.720. The Hall–Kier alpha value is -1.73. The topological polar surface area (TPSA) is 88.7 Å². The third-order valence-electron chi connectivity index (χ3n) is 2.39. The van der Waals surface area contributed by atoms with Crippen LogP contribution in [0.3, 0.4) is 0 Å². The molecule has 0 aliphatic heterocycles. The molecule has 0 aliphatic carbocycles. The fourth-order valence-corrected chi connectivity index (χ4v) is 1.62. The molecule has 1 rings (SSSR count). The number of nitro groups is 1. The molecule has 1 heterocycles. The van der Waals surface area contributed by atoms with Crippen LogP contribution in [0, 0.1) is 17.0 Å². The minimum absolute atomic E-state index is 0.0675. The van der Waals surface area contributed by atoms with Gasteiger partial charge in [0, 0.05) is 33.0 Å². The van der Waals surface area contributed by atoms with Crippen LogP contribution in [0.2, 0.25) is 0 Å². The number of rotatable bonds is 6. The molecular formula is C11H17N3O4. The number of aromatic nitrogens is 1. The smallest absolute Gasteiger partial charge is 0.311 e. The second-order valence-corrected chi connectivity index (χ2v) is 4.10. The molecule has 7 nitrogen and oxygen atoms in total. The second-order valence-electron chi connectivity index (χ2n) is 4.10. The zero-order valence-corrected chi connectivity index (χ0v) is 10.7. The molecule has 0 fully saturated rings. The van der Waals surface area contributed by atoms with Crippen LogP contribution >= 0.6 is 0 Å². The normalized spacial score (nSPS) is 12.2. The first-order valence-electron chi connectivity index (χ1n) is 5.45. The Labute approximate surface area is 105 Å². The molecule has 1 unspecified atom stereocenters. The van der Waals surface area contributed by atoms with Gasteiger partial charge < -0.3 is 14.7 Å². The first-order chi connectivity index (χ1) is 8.45. The van der Waals surface area contributed by atoms with Gasteiger partial charge in [-0.1, -0.05) is 0 Å². The van der Waals surface area contributed by atoms with E-state index in [-0.39, 0.29) is 24.7 Å². The molecule has 1 N–H and O–H groups in total. The van der Waals surface area contributed by atoms with Crippen molar-refractivity contribution < 1.29 is 14.8 Å². The van der Waals surface area contributed by atoms with Gasteiger partial charge in [-0.05, 0) is 12.5 Å². The van der Waals surface area contributed by atoms with Crippen LogP contribution in [0.5, 0.6) is 0 Å². The molecule has 0 aromatic carbocycles. The summed E-state index contributed by atoms with van der Waals surface area (Å²) in [5.74, 6) is 0.237. The number of methoxy groups -OCH3 is 1. The van der Waals surface area contributed by atoms with Gasteiger partial charge >= 0.3 is 5.69 Å². The van der Waals surface area contributed by atoms with Gasteiger partial charge in [-0.2, -0.15) is 0 Å². The molecule has 0 saturated carbocycles. The van der Waals surface area contributed by atoms with Crippen molar-refractivity contribution in [3.63, 3.8) is 0 Å². The average Bonchev–Trinajstić information content (AvgIpc) is 2.28. The van der Waals surface area contributed by atoms with Gasteiger partial charge in [0.15, 0.2) is 0 Å². The van der Waals surface area contributed by atoms with Gasteiger partial charge in [0.25, 0.3) is 0 Å². The molecule has 100 valence electrons. The van der Waals surface area contributed by atoms with Gasteiger partial charge in [0.1, 0.15) is 0 Å². The Kier molecular flexibility index (Phi) is 4.99. The van der Waals surface area contributed by atoms with Gasteiger partial charge in [-0.3, -0.25) is 10.1 Å². The number of aryl methyl sites for hydroxylation is 1. The maximum Gasteiger partial charge on any atom is 0.311 e. The van der Waals surface area contributed by atoms with Crippen molar-refractivity contribution in [1.82, 2.24) is 4.98 Å². The van der Waals surface area contributed by atoms with Crippen LogP contribution in [-0.4, -0.2) is 48.4 Å².